The summed E-state index contributed by atoms with van der Waals surface area (Å²) in [6.45, 7) is 3.90. The van der Waals surface area contributed by atoms with Crippen LogP contribution in [0.3, 0.4) is 0 Å². The van der Waals surface area contributed by atoms with E-state index in [1.165, 1.54) is 0 Å². The van der Waals surface area contributed by atoms with E-state index in [-0.39, 0.29) is 5.92 Å². The Balaban J connectivity index is 3.44. The second kappa shape index (κ2) is 5.82. The Morgan fingerprint density at radius 1 is 1.59 bits per heavy atom. The van der Waals surface area contributed by atoms with Crippen LogP contribution >= 0.6 is 0 Å². The fraction of sp³-hybridized carbons (Fsp3) is 0.357. The molecule has 0 saturated carbocycles. The van der Waals surface area contributed by atoms with E-state index in [1.807, 2.05) is 6.08 Å². The normalized spacial score (nSPS) is 28.6. The molecule has 1 aliphatic heterocycles. The lowest BCUT2D eigenvalue weighted by Gasteiger charge is -2.22. The van der Waals surface area contributed by atoms with Gasteiger partial charge >= 0.3 is 0 Å². The molecule has 0 aromatic heterocycles. The molecule has 0 spiro atoms. The molecule has 3 nitrogen and oxygen atoms in total. The standard InChI is InChI=1S/C14H17N3/c1-5-8-12-11(3)9-7-10-16-14(15)13(12)17(4)6-2/h2,7,10-11H,9H2,1,3-4H3,(H2,15,16)/b10-7+,13-12+. The molecule has 1 rings (SSSR count). The lowest BCUT2D eigenvalue weighted by atomic mass is 9.94. The molecular formula is C14H17N3. The first-order chi connectivity index (χ1) is 8.11. The number of terminal acetylenes is 1. The maximum Gasteiger partial charge on any atom is 0.148 e. The summed E-state index contributed by atoms with van der Waals surface area (Å²) in [5.41, 5.74) is 7.62. The molecule has 17 heavy (non-hydrogen) atoms. The van der Waals surface area contributed by atoms with E-state index >= 15 is 0 Å². The van der Waals surface area contributed by atoms with Crippen molar-refractivity contribution in [2.24, 2.45) is 16.6 Å². The van der Waals surface area contributed by atoms with Gasteiger partial charge in [-0.25, -0.2) is 4.99 Å². The van der Waals surface area contributed by atoms with Crippen LogP contribution in [0.25, 0.3) is 0 Å². The van der Waals surface area contributed by atoms with Gasteiger partial charge in [-0.2, -0.15) is 0 Å². The minimum atomic E-state index is 0.276. The van der Waals surface area contributed by atoms with Crippen LogP contribution in [-0.2, 0) is 0 Å². The molecule has 0 amide bonds. The quantitative estimate of drug-likeness (QED) is 0.547. The Morgan fingerprint density at radius 3 is 2.88 bits per heavy atom. The lowest BCUT2D eigenvalue weighted by Crippen LogP contribution is -2.28. The Bertz CT molecular complexity index is 478. The number of rotatable bonds is 1. The number of allylic oxidation sites excluding steroid dienone is 2. The summed E-state index contributed by atoms with van der Waals surface area (Å²) in [4.78, 5) is 5.79. The smallest absolute Gasteiger partial charge is 0.148 e. The molecule has 0 aromatic carbocycles. The summed E-state index contributed by atoms with van der Waals surface area (Å²) in [5, 5.41) is 0. The molecule has 0 aromatic rings. The third-order valence-corrected chi connectivity index (χ3v) is 2.59. The van der Waals surface area contributed by atoms with Crippen LogP contribution < -0.4 is 5.73 Å². The third-order valence-electron chi connectivity index (χ3n) is 2.59. The van der Waals surface area contributed by atoms with Gasteiger partial charge in [0.25, 0.3) is 0 Å². The number of nitrogens with two attached hydrogens (primary N) is 1. The van der Waals surface area contributed by atoms with Crippen molar-refractivity contribution in [2.45, 2.75) is 20.3 Å². The minimum absolute atomic E-state index is 0.276. The number of hydrogen-bond donors (Lipinski definition) is 1. The zero-order valence-corrected chi connectivity index (χ0v) is 10.5. The highest BCUT2D eigenvalue weighted by molar-refractivity contribution is 5.98. The van der Waals surface area contributed by atoms with Crippen molar-refractivity contribution >= 4 is 5.84 Å². The van der Waals surface area contributed by atoms with Gasteiger partial charge in [0.15, 0.2) is 0 Å². The van der Waals surface area contributed by atoms with Gasteiger partial charge in [0.2, 0.25) is 0 Å². The Morgan fingerprint density at radius 2 is 2.29 bits per heavy atom. The van der Waals surface area contributed by atoms with Crippen LogP contribution in [-0.4, -0.2) is 17.8 Å². The summed E-state index contributed by atoms with van der Waals surface area (Å²) >= 11 is 0. The van der Waals surface area contributed by atoms with Gasteiger partial charge in [-0.3, -0.25) is 0 Å². The van der Waals surface area contributed by atoms with Crippen LogP contribution in [0.2, 0.25) is 0 Å². The van der Waals surface area contributed by atoms with E-state index in [0.29, 0.717) is 5.84 Å². The van der Waals surface area contributed by atoms with Crippen molar-refractivity contribution in [1.82, 2.24) is 4.90 Å². The average molecular weight is 227 g/mol. The van der Waals surface area contributed by atoms with Gasteiger partial charge in [-0.05, 0) is 19.3 Å². The molecular weight excluding hydrogens is 210 g/mol. The molecule has 1 heterocycles. The number of likely N-dealkylation sites (N-methyl/N-ethyl adjacent to an activating group) is 1. The molecule has 88 valence electrons. The number of aliphatic imine (C=N–C) groups is 1. The zero-order valence-electron chi connectivity index (χ0n) is 10.5. The van der Waals surface area contributed by atoms with Gasteiger partial charge in [-0.1, -0.05) is 25.3 Å². The highest BCUT2D eigenvalue weighted by Gasteiger charge is 2.18. The summed E-state index contributed by atoms with van der Waals surface area (Å²) < 4.78 is 0. The van der Waals surface area contributed by atoms with E-state index in [2.05, 4.69) is 29.8 Å². The summed E-state index contributed by atoms with van der Waals surface area (Å²) in [5.74, 6) is 6.69. The van der Waals surface area contributed by atoms with Crippen LogP contribution in [0.15, 0.2) is 28.5 Å². The van der Waals surface area contributed by atoms with Crippen molar-refractivity contribution in [3.05, 3.63) is 23.5 Å². The Hall–Kier alpha value is -2.13. The molecule has 2 N–H and O–H groups in total. The molecule has 3 heteroatoms. The molecule has 0 aliphatic carbocycles. The van der Waals surface area contributed by atoms with Gasteiger partial charge in [0.05, 0.1) is 0 Å². The molecule has 0 radical (unpaired) electrons. The van der Waals surface area contributed by atoms with Crippen LogP contribution in [0.4, 0.5) is 0 Å². The molecule has 1 unspecified atom stereocenters. The Labute approximate surface area is 103 Å². The first kappa shape index (κ1) is 12.9. The maximum absolute atomic E-state index is 5.94. The van der Waals surface area contributed by atoms with Gasteiger partial charge in [0.1, 0.15) is 11.5 Å². The molecule has 1 aliphatic rings. The van der Waals surface area contributed by atoms with Crippen molar-refractivity contribution in [1.29, 1.82) is 0 Å². The molecule has 0 bridgehead atoms. The van der Waals surface area contributed by atoms with Crippen LogP contribution in [0, 0.1) is 30.2 Å². The summed E-state index contributed by atoms with van der Waals surface area (Å²) in [6.07, 6.45) is 10.0. The van der Waals surface area contributed by atoms with Gasteiger partial charge in [-0.15, -0.1) is 5.92 Å². The maximum atomic E-state index is 5.94. The second-order valence-electron chi connectivity index (χ2n) is 3.86. The van der Waals surface area contributed by atoms with Crippen molar-refractivity contribution < 1.29 is 0 Å². The van der Waals surface area contributed by atoms with Gasteiger partial charge < -0.3 is 10.6 Å². The summed E-state index contributed by atoms with van der Waals surface area (Å²) in [6, 6.07) is 2.54. The monoisotopic (exact) mass is 227 g/mol. The van der Waals surface area contributed by atoms with Crippen molar-refractivity contribution in [3.63, 3.8) is 0 Å². The molecule has 0 saturated heterocycles. The first-order valence-electron chi connectivity index (χ1n) is 5.47. The SMILES string of the molecule is C#CN(C)C1=C(\C#CC)C(C)C/C=C/N=C\1N. The fourth-order valence-electron chi connectivity index (χ4n) is 1.68. The van der Waals surface area contributed by atoms with E-state index in [9.17, 15) is 0 Å². The lowest BCUT2D eigenvalue weighted by molar-refractivity contribution is 0.598. The van der Waals surface area contributed by atoms with Gasteiger partial charge in [0, 0.05) is 24.9 Å². The average Bonchev–Trinajstić information content (AvgIpc) is 2.31. The summed E-state index contributed by atoms with van der Waals surface area (Å²) in [7, 11) is 1.78. The molecule has 1 atom stereocenters. The van der Waals surface area contributed by atoms with Crippen molar-refractivity contribution in [2.75, 3.05) is 7.05 Å². The fourth-order valence-corrected chi connectivity index (χ4v) is 1.68. The van der Waals surface area contributed by atoms with Crippen LogP contribution in [0.1, 0.15) is 20.3 Å². The number of amidine groups is 1. The van der Waals surface area contributed by atoms with E-state index < -0.39 is 0 Å². The van der Waals surface area contributed by atoms with E-state index in [1.54, 1.807) is 25.1 Å². The van der Waals surface area contributed by atoms with Crippen LogP contribution in [0.5, 0.6) is 0 Å². The third kappa shape index (κ3) is 2.92. The zero-order chi connectivity index (χ0) is 12.8. The predicted octanol–water partition coefficient (Wildman–Crippen LogP) is 1.70. The minimum Gasteiger partial charge on any atom is -0.382 e. The first-order valence-corrected chi connectivity index (χ1v) is 5.47. The largest absolute Gasteiger partial charge is 0.382 e. The number of nitrogens with zero attached hydrogens (tertiary/aromatic N) is 2. The van der Waals surface area contributed by atoms with E-state index in [4.69, 9.17) is 12.2 Å². The topological polar surface area (TPSA) is 41.6 Å². The highest BCUT2D eigenvalue weighted by atomic mass is 15.1. The van der Waals surface area contributed by atoms with Crippen molar-refractivity contribution in [3.8, 4) is 24.3 Å². The predicted molar refractivity (Wildman–Crippen MR) is 71.6 cm³/mol. The Kier molecular flexibility index (Phi) is 4.43. The molecule has 0 fully saturated rings. The van der Waals surface area contributed by atoms with E-state index in [0.717, 1.165) is 17.7 Å². The highest BCUT2D eigenvalue weighted by Crippen LogP contribution is 2.22. The second-order valence-corrected chi connectivity index (χ2v) is 3.86. The number of hydrogen-bond acceptors (Lipinski definition) is 3.